The molecule has 2 aromatic carbocycles. The monoisotopic (exact) mass is 472 g/mol. The molecular formula is C26H28N6O3. The van der Waals surface area contributed by atoms with Crippen LogP contribution in [0.2, 0.25) is 0 Å². The Bertz CT molecular complexity index is 1370. The van der Waals surface area contributed by atoms with E-state index in [0.29, 0.717) is 30.1 Å². The minimum atomic E-state index is -0.199. The van der Waals surface area contributed by atoms with Gasteiger partial charge >= 0.3 is 6.03 Å². The fourth-order valence-electron chi connectivity index (χ4n) is 4.44. The van der Waals surface area contributed by atoms with Crippen molar-refractivity contribution in [3.8, 4) is 28.3 Å². The fourth-order valence-corrected chi connectivity index (χ4v) is 4.44. The van der Waals surface area contributed by atoms with Gasteiger partial charge in [0.1, 0.15) is 17.8 Å². The van der Waals surface area contributed by atoms with Crippen molar-refractivity contribution in [3.05, 3.63) is 55.0 Å². The second-order valence-corrected chi connectivity index (χ2v) is 8.66. The van der Waals surface area contributed by atoms with Crippen LogP contribution in [0.4, 0.5) is 10.5 Å². The molecule has 35 heavy (non-hydrogen) atoms. The molecule has 0 radical (unpaired) electrons. The van der Waals surface area contributed by atoms with E-state index in [1.165, 1.54) is 6.33 Å². The van der Waals surface area contributed by atoms with Crippen molar-refractivity contribution >= 4 is 22.6 Å². The van der Waals surface area contributed by atoms with Gasteiger partial charge in [0.15, 0.2) is 0 Å². The molecule has 0 saturated carbocycles. The summed E-state index contributed by atoms with van der Waals surface area (Å²) in [7, 11) is 3.46. The average molecular weight is 473 g/mol. The van der Waals surface area contributed by atoms with E-state index in [9.17, 15) is 4.79 Å². The van der Waals surface area contributed by atoms with E-state index in [1.807, 2.05) is 69.6 Å². The number of aromatic nitrogens is 4. The molecule has 1 aliphatic heterocycles. The lowest BCUT2D eigenvalue weighted by atomic mass is 10.0. The average Bonchev–Trinajstić information content (AvgIpc) is 3.26. The zero-order chi connectivity index (χ0) is 24.5. The topological polar surface area (TPSA) is 94.4 Å². The molecule has 0 bridgehead atoms. The van der Waals surface area contributed by atoms with Crippen molar-refractivity contribution in [1.82, 2.24) is 24.6 Å². The first-order chi connectivity index (χ1) is 17.0. The predicted octanol–water partition coefficient (Wildman–Crippen LogP) is 4.35. The lowest BCUT2D eigenvalue weighted by Gasteiger charge is -2.37. The SMILES string of the molecule is COc1cc2ncnc(-c3cn(C)nc3-c3ccccc3)c2cc1NC(=O)N1CCOC(C)C1C. The highest BCUT2D eigenvalue weighted by molar-refractivity contribution is 6.01. The fraction of sp³-hybridized carbons (Fsp3) is 0.308. The third-order valence-corrected chi connectivity index (χ3v) is 6.47. The smallest absolute Gasteiger partial charge is 0.322 e. The molecule has 1 aliphatic rings. The molecule has 1 fully saturated rings. The van der Waals surface area contributed by atoms with Crippen LogP contribution in [0.3, 0.4) is 0 Å². The Labute approximate surface area is 203 Å². The number of benzene rings is 2. The van der Waals surface area contributed by atoms with Gasteiger partial charge < -0.3 is 19.7 Å². The number of fused-ring (bicyclic) bond motifs is 1. The molecule has 1 N–H and O–H groups in total. The summed E-state index contributed by atoms with van der Waals surface area (Å²) >= 11 is 0. The van der Waals surface area contributed by atoms with Crippen molar-refractivity contribution in [2.75, 3.05) is 25.6 Å². The number of urea groups is 1. The summed E-state index contributed by atoms with van der Waals surface area (Å²) in [5.74, 6) is 0.527. The van der Waals surface area contributed by atoms with Gasteiger partial charge in [0.05, 0.1) is 42.8 Å². The Hall–Kier alpha value is -3.98. The summed E-state index contributed by atoms with van der Waals surface area (Å²) in [5, 5.41) is 8.51. The zero-order valence-corrected chi connectivity index (χ0v) is 20.2. The Morgan fingerprint density at radius 3 is 2.71 bits per heavy atom. The van der Waals surface area contributed by atoms with Gasteiger partial charge in [0.2, 0.25) is 0 Å². The van der Waals surface area contributed by atoms with Gasteiger partial charge in [-0.05, 0) is 19.9 Å². The third kappa shape index (κ3) is 4.30. The molecule has 180 valence electrons. The Morgan fingerprint density at radius 1 is 1.14 bits per heavy atom. The number of carbonyl (C=O) groups is 1. The number of aryl methyl sites for hydroxylation is 1. The number of amides is 2. The van der Waals surface area contributed by atoms with Crippen LogP contribution in [0.1, 0.15) is 13.8 Å². The van der Waals surface area contributed by atoms with E-state index in [0.717, 1.165) is 27.9 Å². The molecule has 1 saturated heterocycles. The van der Waals surface area contributed by atoms with E-state index < -0.39 is 0 Å². The number of carbonyl (C=O) groups excluding carboxylic acids is 1. The minimum Gasteiger partial charge on any atom is -0.494 e. The summed E-state index contributed by atoms with van der Waals surface area (Å²) in [6, 6.07) is 13.4. The number of nitrogens with zero attached hydrogens (tertiary/aromatic N) is 5. The number of morpholine rings is 1. The van der Waals surface area contributed by atoms with Gasteiger partial charge in [-0.25, -0.2) is 14.8 Å². The number of rotatable bonds is 4. The maximum atomic E-state index is 13.2. The molecule has 5 rings (SSSR count). The summed E-state index contributed by atoms with van der Waals surface area (Å²) in [5.41, 5.74) is 4.69. The molecule has 4 aromatic rings. The lowest BCUT2D eigenvalue weighted by molar-refractivity contribution is -0.0355. The van der Waals surface area contributed by atoms with Crippen molar-refractivity contribution in [1.29, 1.82) is 0 Å². The molecule has 0 aliphatic carbocycles. The van der Waals surface area contributed by atoms with Crippen molar-refractivity contribution in [3.63, 3.8) is 0 Å². The molecule has 2 amide bonds. The first-order valence-electron chi connectivity index (χ1n) is 11.6. The van der Waals surface area contributed by atoms with E-state index in [1.54, 1.807) is 16.7 Å². The Kier molecular flexibility index (Phi) is 6.08. The maximum Gasteiger partial charge on any atom is 0.322 e. The molecule has 2 unspecified atom stereocenters. The van der Waals surface area contributed by atoms with Crippen LogP contribution in [-0.2, 0) is 11.8 Å². The van der Waals surface area contributed by atoms with Crippen LogP contribution in [0.5, 0.6) is 5.75 Å². The molecule has 0 spiro atoms. The summed E-state index contributed by atoms with van der Waals surface area (Å²) in [6.07, 6.45) is 3.45. The first kappa shape index (κ1) is 22.8. The number of anilines is 1. The van der Waals surface area contributed by atoms with Crippen LogP contribution in [0, 0.1) is 0 Å². The standard InChI is InChI=1S/C26H28N6O3/c1-16-17(2)35-11-10-32(16)26(33)29-22-12-19-21(13-23(22)34-4)27-15-28-25(19)20-14-31(3)30-24(20)18-8-6-5-7-9-18/h5-9,12-17H,10-11H2,1-4H3,(H,29,33). The number of methoxy groups -OCH3 is 1. The Morgan fingerprint density at radius 2 is 1.94 bits per heavy atom. The molecular weight excluding hydrogens is 444 g/mol. The minimum absolute atomic E-state index is 0.0324. The second kappa shape index (κ2) is 9.34. The van der Waals surface area contributed by atoms with Crippen LogP contribution in [0.25, 0.3) is 33.4 Å². The molecule has 2 aromatic heterocycles. The quantitative estimate of drug-likeness (QED) is 0.475. The largest absolute Gasteiger partial charge is 0.494 e. The molecule has 9 heteroatoms. The van der Waals surface area contributed by atoms with Crippen LogP contribution >= 0.6 is 0 Å². The van der Waals surface area contributed by atoms with Crippen molar-refractivity contribution in [2.45, 2.75) is 26.0 Å². The molecule has 9 nitrogen and oxygen atoms in total. The normalized spacial score (nSPS) is 18.0. The van der Waals surface area contributed by atoms with Crippen LogP contribution in [0.15, 0.2) is 55.0 Å². The van der Waals surface area contributed by atoms with Gasteiger partial charge in [-0.1, -0.05) is 30.3 Å². The lowest BCUT2D eigenvalue weighted by Crippen LogP contribution is -2.52. The van der Waals surface area contributed by atoms with Gasteiger partial charge in [-0.3, -0.25) is 4.68 Å². The van der Waals surface area contributed by atoms with E-state index in [-0.39, 0.29) is 18.2 Å². The van der Waals surface area contributed by atoms with Crippen molar-refractivity contribution < 1.29 is 14.3 Å². The first-order valence-corrected chi connectivity index (χ1v) is 11.6. The van der Waals surface area contributed by atoms with Gasteiger partial charge in [-0.15, -0.1) is 0 Å². The van der Waals surface area contributed by atoms with E-state index >= 15 is 0 Å². The van der Waals surface area contributed by atoms with Crippen LogP contribution < -0.4 is 10.1 Å². The van der Waals surface area contributed by atoms with Gasteiger partial charge in [0.25, 0.3) is 0 Å². The van der Waals surface area contributed by atoms with Gasteiger partial charge in [0, 0.05) is 42.4 Å². The van der Waals surface area contributed by atoms with E-state index in [4.69, 9.17) is 9.47 Å². The highest BCUT2D eigenvalue weighted by atomic mass is 16.5. The van der Waals surface area contributed by atoms with Crippen LogP contribution in [-0.4, -0.2) is 63.1 Å². The maximum absolute atomic E-state index is 13.2. The summed E-state index contributed by atoms with van der Waals surface area (Å²) in [4.78, 5) is 24.0. The highest BCUT2D eigenvalue weighted by Gasteiger charge is 2.30. The second-order valence-electron chi connectivity index (χ2n) is 8.66. The molecule has 2 atom stereocenters. The zero-order valence-electron chi connectivity index (χ0n) is 20.2. The number of ether oxygens (including phenoxy) is 2. The predicted molar refractivity (Wildman–Crippen MR) is 134 cm³/mol. The number of nitrogens with one attached hydrogen (secondary N) is 1. The van der Waals surface area contributed by atoms with Gasteiger partial charge in [-0.2, -0.15) is 5.10 Å². The summed E-state index contributed by atoms with van der Waals surface area (Å²) < 4.78 is 13.0. The Balaban J connectivity index is 1.59. The summed E-state index contributed by atoms with van der Waals surface area (Å²) in [6.45, 7) is 5.00. The van der Waals surface area contributed by atoms with E-state index in [2.05, 4.69) is 20.4 Å². The highest BCUT2D eigenvalue weighted by Crippen LogP contribution is 2.37. The molecule has 3 heterocycles. The number of hydrogen-bond donors (Lipinski definition) is 1. The third-order valence-electron chi connectivity index (χ3n) is 6.47. The van der Waals surface area contributed by atoms with Crippen molar-refractivity contribution in [2.24, 2.45) is 7.05 Å². The number of hydrogen-bond acceptors (Lipinski definition) is 6.